The van der Waals surface area contributed by atoms with Gasteiger partial charge in [-0.3, -0.25) is 4.79 Å². The zero-order valence-corrected chi connectivity index (χ0v) is 16.7. The number of methoxy groups -OCH3 is 1. The number of benzene rings is 2. The predicted molar refractivity (Wildman–Crippen MR) is 107 cm³/mol. The van der Waals surface area contributed by atoms with Crippen LogP contribution < -0.4 is 9.88 Å². The van der Waals surface area contributed by atoms with Crippen LogP contribution in [0.1, 0.15) is 32.9 Å². The maximum Gasteiger partial charge on any atom is 0.238 e. The van der Waals surface area contributed by atoms with Crippen molar-refractivity contribution in [2.24, 2.45) is 12.2 Å². The number of sulfonamides is 1. The van der Waals surface area contributed by atoms with E-state index in [-0.39, 0.29) is 16.2 Å². The fourth-order valence-electron chi connectivity index (χ4n) is 3.04. The van der Waals surface area contributed by atoms with Crippen LogP contribution in [0.25, 0.3) is 0 Å². The number of carbonyl (C=O) groups is 1. The summed E-state index contributed by atoms with van der Waals surface area (Å²) in [5.41, 5.74) is 2.71. The monoisotopic (exact) mass is 409 g/mol. The summed E-state index contributed by atoms with van der Waals surface area (Å²) in [6.45, 7) is 0. The van der Waals surface area contributed by atoms with E-state index in [1.807, 2.05) is 12.1 Å². The molecule has 7 nitrogen and oxygen atoms in total. The lowest BCUT2D eigenvalue weighted by Gasteiger charge is -2.10. The Kier molecular flexibility index (Phi) is 5.55. The zero-order valence-electron chi connectivity index (χ0n) is 15.9. The van der Waals surface area contributed by atoms with Crippen LogP contribution in [0.2, 0.25) is 0 Å². The van der Waals surface area contributed by atoms with Gasteiger partial charge in [0.1, 0.15) is 5.75 Å². The Labute approximate surface area is 169 Å². The van der Waals surface area contributed by atoms with Gasteiger partial charge in [0.25, 0.3) is 0 Å². The zero-order chi connectivity index (χ0) is 21.2. The van der Waals surface area contributed by atoms with Crippen molar-refractivity contribution in [3.05, 3.63) is 82.7 Å². The van der Waals surface area contributed by atoms with Crippen molar-refractivity contribution < 1.29 is 17.9 Å². The Bertz CT molecular complexity index is 1220. The smallest absolute Gasteiger partial charge is 0.238 e. The lowest BCUT2D eigenvalue weighted by molar-refractivity contribution is 0.103. The molecule has 1 heterocycles. The molecule has 0 fully saturated rings. The van der Waals surface area contributed by atoms with E-state index in [4.69, 9.17) is 9.88 Å². The van der Waals surface area contributed by atoms with E-state index in [0.717, 1.165) is 5.69 Å². The van der Waals surface area contributed by atoms with Gasteiger partial charge in [-0.25, -0.2) is 13.6 Å². The quantitative estimate of drug-likeness (QED) is 0.628. The van der Waals surface area contributed by atoms with Crippen molar-refractivity contribution in [2.45, 2.75) is 11.3 Å². The molecule has 0 saturated heterocycles. The van der Waals surface area contributed by atoms with Gasteiger partial charge >= 0.3 is 0 Å². The summed E-state index contributed by atoms with van der Waals surface area (Å²) in [7, 11) is -0.550. The average molecular weight is 409 g/mol. The van der Waals surface area contributed by atoms with Gasteiger partial charge in [0.05, 0.1) is 29.3 Å². The molecule has 148 valence electrons. The van der Waals surface area contributed by atoms with Crippen LogP contribution in [0.4, 0.5) is 0 Å². The largest absolute Gasteiger partial charge is 0.497 e. The third-order valence-electron chi connectivity index (χ3n) is 4.71. The second-order valence-electron chi connectivity index (χ2n) is 6.48. The summed E-state index contributed by atoms with van der Waals surface area (Å²) >= 11 is 0. The molecule has 0 aliphatic heterocycles. The predicted octanol–water partition coefficient (Wildman–Crippen LogP) is 2.37. The summed E-state index contributed by atoms with van der Waals surface area (Å²) < 4.78 is 29.9. The summed E-state index contributed by atoms with van der Waals surface area (Å²) in [6, 6.07) is 16.6. The minimum atomic E-state index is -3.89. The highest BCUT2D eigenvalue weighted by Gasteiger charge is 2.17. The normalized spacial score (nSPS) is 11.1. The van der Waals surface area contributed by atoms with Crippen molar-refractivity contribution in [2.75, 3.05) is 7.11 Å². The molecule has 1 aromatic heterocycles. The maximum atomic E-state index is 12.8. The molecular formula is C21H19N3O4S. The van der Waals surface area contributed by atoms with E-state index in [2.05, 4.69) is 0 Å². The Morgan fingerprint density at radius 1 is 1.14 bits per heavy atom. The number of nitrogens with two attached hydrogens (primary N) is 1. The molecule has 0 aliphatic rings. The van der Waals surface area contributed by atoms with Crippen molar-refractivity contribution in [1.29, 1.82) is 5.26 Å². The molecule has 0 saturated carbocycles. The Morgan fingerprint density at radius 2 is 1.83 bits per heavy atom. The van der Waals surface area contributed by atoms with Gasteiger partial charge in [0, 0.05) is 24.7 Å². The summed E-state index contributed by atoms with van der Waals surface area (Å²) in [4.78, 5) is 12.7. The van der Waals surface area contributed by atoms with Crippen LogP contribution >= 0.6 is 0 Å². The number of nitriles is 1. The van der Waals surface area contributed by atoms with Crippen molar-refractivity contribution in [3.63, 3.8) is 0 Å². The molecule has 0 aliphatic carbocycles. The molecule has 0 radical (unpaired) electrons. The van der Waals surface area contributed by atoms with E-state index in [9.17, 15) is 18.5 Å². The molecule has 2 aromatic carbocycles. The lowest BCUT2D eigenvalue weighted by atomic mass is 10.0. The molecule has 0 amide bonds. The maximum absolute atomic E-state index is 12.8. The van der Waals surface area contributed by atoms with Gasteiger partial charge in [-0.15, -0.1) is 0 Å². The minimum absolute atomic E-state index is 0.111. The van der Waals surface area contributed by atoms with Crippen LogP contribution in [0.5, 0.6) is 5.75 Å². The van der Waals surface area contributed by atoms with Crippen LogP contribution in [0.3, 0.4) is 0 Å². The SMILES string of the molecule is COc1ccc(C(=O)c2ccc(Cc3ccc(S(N)(=O)=O)cc3C#N)n2C)cc1. The van der Waals surface area contributed by atoms with Gasteiger partial charge in [-0.1, -0.05) is 6.07 Å². The molecular weight excluding hydrogens is 390 g/mol. The number of ether oxygens (including phenoxy) is 1. The summed E-state index contributed by atoms with van der Waals surface area (Å²) in [5.74, 6) is 0.535. The summed E-state index contributed by atoms with van der Waals surface area (Å²) in [5, 5.41) is 14.5. The highest BCUT2D eigenvalue weighted by atomic mass is 32.2. The van der Waals surface area contributed by atoms with E-state index in [0.29, 0.717) is 29.0 Å². The topological polar surface area (TPSA) is 115 Å². The molecule has 0 unspecified atom stereocenters. The number of ketones is 1. The molecule has 8 heteroatoms. The number of hydrogen-bond acceptors (Lipinski definition) is 5. The van der Waals surface area contributed by atoms with Crippen molar-refractivity contribution in [3.8, 4) is 11.8 Å². The number of nitrogens with zero attached hydrogens (tertiary/aromatic N) is 2. The Balaban J connectivity index is 1.90. The second kappa shape index (κ2) is 7.91. The number of hydrogen-bond donors (Lipinski definition) is 1. The average Bonchev–Trinajstić information content (AvgIpc) is 3.07. The first-order valence-corrected chi connectivity index (χ1v) is 10.2. The molecule has 0 bridgehead atoms. The van der Waals surface area contributed by atoms with E-state index in [1.54, 1.807) is 55.1 Å². The van der Waals surface area contributed by atoms with Gasteiger partial charge in [0.2, 0.25) is 15.8 Å². The van der Waals surface area contributed by atoms with Crippen molar-refractivity contribution in [1.82, 2.24) is 4.57 Å². The van der Waals surface area contributed by atoms with E-state index >= 15 is 0 Å². The van der Waals surface area contributed by atoms with E-state index < -0.39 is 10.0 Å². The fourth-order valence-corrected chi connectivity index (χ4v) is 3.57. The van der Waals surface area contributed by atoms with Gasteiger partial charge in [-0.2, -0.15) is 5.26 Å². The molecule has 2 N–H and O–H groups in total. The number of aromatic nitrogens is 1. The van der Waals surface area contributed by atoms with Crippen LogP contribution in [-0.2, 0) is 23.5 Å². The fraction of sp³-hybridized carbons (Fsp3) is 0.143. The highest BCUT2D eigenvalue weighted by Crippen LogP contribution is 2.21. The van der Waals surface area contributed by atoms with Gasteiger partial charge in [-0.05, 0) is 54.1 Å². The molecule has 29 heavy (non-hydrogen) atoms. The highest BCUT2D eigenvalue weighted by molar-refractivity contribution is 7.89. The lowest BCUT2D eigenvalue weighted by Crippen LogP contribution is -2.13. The Morgan fingerprint density at radius 3 is 2.41 bits per heavy atom. The first-order valence-electron chi connectivity index (χ1n) is 8.63. The molecule has 3 rings (SSSR count). The minimum Gasteiger partial charge on any atom is -0.497 e. The summed E-state index contributed by atoms with van der Waals surface area (Å²) in [6.07, 6.45) is 0.361. The number of rotatable bonds is 6. The first kappa shape index (κ1) is 20.3. The van der Waals surface area contributed by atoms with Crippen LogP contribution in [0, 0.1) is 11.3 Å². The van der Waals surface area contributed by atoms with Crippen molar-refractivity contribution >= 4 is 15.8 Å². The van der Waals surface area contributed by atoms with Crippen LogP contribution in [-0.4, -0.2) is 25.9 Å². The number of primary sulfonamides is 1. The van der Waals surface area contributed by atoms with Crippen LogP contribution in [0.15, 0.2) is 59.5 Å². The molecule has 3 aromatic rings. The number of carbonyl (C=O) groups excluding carboxylic acids is 1. The molecule has 0 spiro atoms. The van der Waals surface area contributed by atoms with Gasteiger partial charge < -0.3 is 9.30 Å². The van der Waals surface area contributed by atoms with E-state index in [1.165, 1.54) is 12.1 Å². The Hall–Kier alpha value is -3.41. The standard InChI is InChI=1S/C21H19N3O4S/c1-24-17(11-15-5-9-19(29(23,26)27)12-16(15)13-22)6-10-20(24)21(25)14-3-7-18(28-2)8-4-14/h3-10,12H,11H2,1-2H3,(H2,23,26,27). The third-order valence-corrected chi connectivity index (χ3v) is 5.62. The second-order valence-corrected chi connectivity index (χ2v) is 8.04. The third kappa shape index (κ3) is 4.21. The molecule has 0 atom stereocenters. The first-order chi connectivity index (χ1) is 13.7. The van der Waals surface area contributed by atoms with Gasteiger partial charge in [0.15, 0.2) is 0 Å².